The number of esters is 1. The van der Waals surface area contributed by atoms with E-state index in [1.165, 1.54) is 0 Å². The van der Waals surface area contributed by atoms with E-state index in [9.17, 15) is 25.0 Å². The van der Waals surface area contributed by atoms with Gasteiger partial charge in [-0.25, -0.2) is 4.79 Å². The third kappa shape index (κ3) is 5.95. The summed E-state index contributed by atoms with van der Waals surface area (Å²) in [5.74, 6) is -0.861. The number of benzene rings is 1. The largest absolute Gasteiger partial charge is 0.462 e. The van der Waals surface area contributed by atoms with Crippen LogP contribution in [0.1, 0.15) is 30.6 Å². The number of rotatable bonds is 6. The Balaban J connectivity index is 0.00000191. The van der Waals surface area contributed by atoms with Crippen LogP contribution in [0.4, 0.5) is 11.4 Å². The number of nitro benzene ring substituents is 2. The van der Waals surface area contributed by atoms with Crippen molar-refractivity contribution in [2.24, 2.45) is 5.73 Å². The summed E-state index contributed by atoms with van der Waals surface area (Å²) < 4.78 is 4.77. The SMILES string of the molecule is CC.NCCCOC(=O)c1cc([N+](=O)[O-])cc([N+](=O)[O-])c1. The van der Waals surface area contributed by atoms with Gasteiger partial charge in [0.2, 0.25) is 0 Å². The number of nitro groups is 2. The maximum atomic E-state index is 11.6. The van der Waals surface area contributed by atoms with Gasteiger partial charge in [-0.2, -0.15) is 0 Å². The number of non-ortho nitro benzene ring substituents is 2. The van der Waals surface area contributed by atoms with E-state index < -0.39 is 27.2 Å². The molecule has 2 N–H and O–H groups in total. The first-order valence-corrected chi connectivity index (χ1v) is 6.26. The molecule has 0 fully saturated rings. The maximum absolute atomic E-state index is 11.6. The molecule has 0 radical (unpaired) electrons. The summed E-state index contributed by atoms with van der Waals surface area (Å²) in [5.41, 5.74) is 3.89. The summed E-state index contributed by atoms with van der Waals surface area (Å²) in [4.78, 5) is 31.2. The number of carbonyl (C=O) groups excluding carboxylic acids is 1. The summed E-state index contributed by atoms with van der Waals surface area (Å²) in [6.45, 7) is 4.37. The molecule has 21 heavy (non-hydrogen) atoms. The van der Waals surface area contributed by atoms with Gasteiger partial charge in [-0.15, -0.1) is 0 Å². The predicted molar refractivity (Wildman–Crippen MR) is 75.1 cm³/mol. The van der Waals surface area contributed by atoms with Crippen molar-refractivity contribution in [3.05, 3.63) is 44.0 Å². The standard InChI is InChI=1S/C10H11N3O6.C2H6/c11-2-1-3-19-10(14)7-4-8(12(15)16)6-9(5-7)13(17)18;1-2/h4-6H,1-3,11H2;1-2H3. The van der Waals surface area contributed by atoms with Crippen LogP contribution in [0.5, 0.6) is 0 Å². The zero-order valence-corrected chi connectivity index (χ0v) is 11.8. The molecule has 0 unspecified atom stereocenters. The molecule has 0 saturated heterocycles. The topological polar surface area (TPSA) is 139 Å². The van der Waals surface area contributed by atoms with E-state index in [0.717, 1.165) is 18.2 Å². The van der Waals surface area contributed by atoms with Gasteiger partial charge < -0.3 is 10.5 Å². The van der Waals surface area contributed by atoms with Crippen molar-refractivity contribution < 1.29 is 19.4 Å². The van der Waals surface area contributed by atoms with Crippen LogP contribution < -0.4 is 5.73 Å². The van der Waals surface area contributed by atoms with E-state index in [1.54, 1.807) is 0 Å². The van der Waals surface area contributed by atoms with Gasteiger partial charge in [-0.05, 0) is 13.0 Å². The second-order valence-corrected chi connectivity index (χ2v) is 3.53. The van der Waals surface area contributed by atoms with Crippen LogP contribution >= 0.6 is 0 Å². The molecule has 9 nitrogen and oxygen atoms in total. The Labute approximate surface area is 121 Å². The fraction of sp³-hybridized carbons (Fsp3) is 0.417. The van der Waals surface area contributed by atoms with Crippen molar-refractivity contribution >= 4 is 17.3 Å². The van der Waals surface area contributed by atoms with Gasteiger partial charge in [-0.3, -0.25) is 20.2 Å². The van der Waals surface area contributed by atoms with Gasteiger partial charge in [0, 0.05) is 12.1 Å². The molecular formula is C12H17N3O6. The van der Waals surface area contributed by atoms with Crippen LogP contribution in [0.15, 0.2) is 18.2 Å². The van der Waals surface area contributed by atoms with Crippen LogP contribution in [-0.2, 0) is 4.74 Å². The lowest BCUT2D eigenvalue weighted by Gasteiger charge is -2.03. The molecule has 1 aromatic carbocycles. The van der Waals surface area contributed by atoms with E-state index in [1.807, 2.05) is 13.8 Å². The maximum Gasteiger partial charge on any atom is 0.338 e. The fourth-order valence-corrected chi connectivity index (χ4v) is 1.26. The number of nitrogens with two attached hydrogens (primary N) is 1. The van der Waals surface area contributed by atoms with E-state index in [4.69, 9.17) is 10.5 Å². The summed E-state index contributed by atoms with van der Waals surface area (Å²) in [5, 5.41) is 21.3. The molecule has 1 aromatic rings. The second kappa shape index (κ2) is 9.37. The van der Waals surface area contributed by atoms with Gasteiger partial charge in [0.05, 0.1) is 28.1 Å². The normalized spacial score (nSPS) is 9.29. The van der Waals surface area contributed by atoms with Crippen molar-refractivity contribution in [1.82, 2.24) is 0 Å². The Hall–Kier alpha value is -2.55. The van der Waals surface area contributed by atoms with Crippen molar-refractivity contribution in [3.8, 4) is 0 Å². The van der Waals surface area contributed by atoms with Crippen LogP contribution in [0.3, 0.4) is 0 Å². The summed E-state index contributed by atoms with van der Waals surface area (Å²) in [6.07, 6.45) is 0.433. The summed E-state index contributed by atoms with van der Waals surface area (Å²) >= 11 is 0. The van der Waals surface area contributed by atoms with E-state index in [2.05, 4.69) is 0 Å². The molecule has 0 atom stereocenters. The van der Waals surface area contributed by atoms with Crippen molar-refractivity contribution in [2.75, 3.05) is 13.2 Å². The van der Waals surface area contributed by atoms with Gasteiger partial charge >= 0.3 is 5.97 Å². The Morgan fingerprint density at radius 1 is 1.14 bits per heavy atom. The lowest BCUT2D eigenvalue weighted by molar-refractivity contribution is -0.394. The highest BCUT2D eigenvalue weighted by Gasteiger charge is 2.20. The molecule has 0 aromatic heterocycles. The monoisotopic (exact) mass is 299 g/mol. The minimum absolute atomic E-state index is 0.0474. The zero-order valence-electron chi connectivity index (χ0n) is 11.8. The Morgan fingerprint density at radius 2 is 1.62 bits per heavy atom. The molecular weight excluding hydrogens is 282 g/mol. The van der Waals surface area contributed by atoms with Gasteiger partial charge in [0.15, 0.2) is 0 Å². The highest BCUT2D eigenvalue weighted by atomic mass is 16.6. The van der Waals surface area contributed by atoms with E-state index in [0.29, 0.717) is 13.0 Å². The van der Waals surface area contributed by atoms with Crippen molar-refractivity contribution in [2.45, 2.75) is 20.3 Å². The molecule has 0 bridgehead atoms. The Bertz CT molecular complexity index is 485. The van der Waals surface area contributed by atoms with Crippen LogP contribution in [0.25, 0.3) is 0 Å². The van der Waals surface area contributed by atoms with Crippen molar-refractivity contribution in [3.63, 3.8) is 0 Å². The van der Waals surface area contributed by atoms with Crippen LogP contribution in [0, 0.1) is 20.2 Å². The second-order valence-electron chi connectivity index (χ2n) is 3.53. The number of hydrogen-bond donors (Lipinski definition) is 1. The zero-order chi connectivity index (χ0) is 16.4. The lowest BCUT2D eigenvalue weighted by atomic mass is 10.2. The van der Waals surface area contributed by atoms with Crippen molar-refractivity contribution in [1.29, 1.82) is 0 Å². The molecule has 116 valence electrons. The smallest absolute Gasteiger partial charge is 0.338 e. The Morgan fingerprint density at radius 3 is 2.00 bits per heavy atom. The third-order valence-corrected chi connectivity index (χ3v) is 2.14. The molecule has 0 aliphatic carbocycles. The summed E-state index contributed by atoms with van der Waals surface area (Å²) in [6, 6.07) is 2.63. The molecule has 0 spiro atoms. The van der Waals surface area contributed by atoms with E-state index >= 15 is 0 Å². The minimum Gasteiger partial charge on any atom is -0.462 e. The predicted octanol–water partition coefficient (Wildman–Crippen LogP) is 2.03. The highest BCUT2D eigenvalue weighted by molar-refractivity contribution is 5.91. The van der Waals surface area contributed by atoms with E-state index in [-0.39, 0.29) is 12.2 Å². The number of nitrogens with zero attached hydrogens (tertiary/aromatic N) is 2. The molecule has 0 heterocycles. The molecule has 0 aliphatic heterocycles. The first-order valence-electron chi connectivity index (χ1n) is 6.26. The number of carbonyl (C=O) groups is 1. The molecule has 9 heteroatoms. The van der Waals surface area contributed by atoms with Crippen LogP contribution in [0.2, 0.25) is 0 Å². The summed E-state index contributed by atoms with van der Waals surface area (Å²) in [7, 11) is 0. The highest BCUT2D eigenvalue weighted by Crippen LogP contribution is 2.23. The number of hydrogen-bond acceptors (Lipinski definition) is 7. The molecule has 0 amide bonds. The average molecular weight is 299 g/mol. The third-order valence-electron chi connectivity index (χ3n) is 2.14. The Kier molecular flexibility index (Phi) is 8.23. The van der Waals surface area contributed by atoms with Gasteiger partial charge in [-0.1, -0.05) is 13.8 Å². The van der Waals surface area contributed by atoms with Crippen LogP contribution in [-0.4, -0.2) is 29.0 Å². The average Bonchev–Trinajstić information content (AvgIpc) is 2.48. The van der Waals surface area contributed by atoms with Gasteiger partial charge in [0.25, 0.3) is 11.4 Å². The number of ether oxygens (including phenoxy) is 1. The lowest BCUT2D eigenvalue weighted by Crippen LogP contribution is -2.10. The molecule has 1 rings (SSSR count). The first-order chi connectivity index (χ1) is 9.95. The molecule has 0 aliphatic rings. The van der Waals surface area contributed by atoms with Gasteiger partial charge in [0.1, 0.15) is 0 Å². The quantitative estimate of drug-likeness (QED) is 0.367. The minimum atomic E-state index is -0.861. The molecule has 0 saturated carbocycles. The fourth-order valence-electron chi connectivity index (χ4n) is 1.26. The first kappa shape index (κ1) is 18.4.